The molecule has 6 nitrogen and oxygen atoms in total. The molecule has 1 aliphatic heterocycles. The molecule has 0 spiro atoms. The molecule has 8 heteroatoms. The number of aromatic nitrogens is 3. The van der Waals surface area contributed by atoms with Crippen molar-refractivity contribution in [2.45, 2.75) is 29.8 Å². The van der Waals surface area contributed by atoms with Gasteiger partial charge in [0.25, 0.3) is 0 Å². The highest BCUT2D eigenvalue weighted by atomic mass is 32.2. The van der Waals surface area contributed by atoms with Crippen molar-refractivity contribution in [1.82, 2.24) is 14.9 Å². The van der Waals surface area contributed by atoms with Gasteiger partial charge in [0, 0.05) is 11.3 Å². The minimum atomic E-state index is -0.540. The Labute approximate surface area is 195 Å². The Morgan fingerprint density at radius 1 is 1.03 bits per heavy atom. The monoisotopic (exact) mass is 459 g/mol. The Hall–Kier alpha value is -3.65. The van der Waals surface area contributed by atoms with Gasteiger partial charge in [-0.2, -0.15) is 0 Å². The van der Waals surface area contributed by atoms with Crippen molar-refractivity contribution in [3.05, 3.63) is 95.8 Å². The van der Waals surface area contributed by atoms with Gasteiger partial charge in [0.2, 0.25) is 11.1 Å². The zero-order valence-corrected chi connectivity index (χ0v) is 18.7. The van der Waals surface area contributed by atoms with Gasteiger partial charge in [-0.25, -0.2) is 9.07 Å². The number of benzene rings is 3. The van der Waals surface area contributed by atoms with Gasteiger partial charge in [-0.15, -0.1) is 10.2 Å². The molecule has 4 aromatic rings. The van der Waals surface area contributed by atoms with Crippen molar-refractivity contribution >= 4 is 23.4 Å². The number of carbonyl (C=O) groups is 1. The molecule has 3 aromatic carbocycles. The first-order chi connectivity index (χ1) is 16.1. The number of hydrogen-bond acceptors (Lipinski definition) is 5. The van der Waals surface area contributed by atoms with E-state index in [2.05, 4.69) is 27.9 Å². The second-order valence-corrected chi connectivity index (χ2v) is 8.85. The van der Waals surface area contributed by atoms with Crippen molar-refractivity contribution in [3.8, 4) is 11.4 Å². The highest BCUT2D eigenvalue weighted by Gasteiger charge is 2.38. The first kappa shape index (κ1) is 21.2. The molecule has 1 aliphatic rings. The third-order valence-electron chi connectivity index (χ3n) is 5.59. The first-order valence-corrected chi connectivity index (χ1v) is 11.6. The zero-order valence-electron chi connectivity index (χ0n) is 17.9. The summed E-state index contributed by atoms with van der Waals surface area (Å²) >= 11 is 1.34. The fraction of sp³-hybridized carbons (Fsp3) is 0.160. The van der Waals surface area contributed by atoms with E-state index in [1.807, 2.05) is 54.6 Å². The molecule has 2 atom stereocenters. The lowest BCUT2D eigenvalue weighted by Gasteiger charge is -2.33. The molecule has 1 aromatic heterocycles. The molecule has 0 unspecified atom stereocenters. The van der Waals surface area contributed by atoms with Crippen LogP contribution < -0.4 is 10.7 Å². The normalized spacial score (nSPS) is 17.2. The number of aryl methyl sites for hydroxylation is 1. The minimum Gasteiger partial charge on any atom is -0.325 e. The third kappa shape index (κ3) is 4.34. The van der Waals surface area contributed by atoms with Crippen LogP contribution in [-0.2, 0) is 11.2 Å². The Bertz CT molecular complexity index is 1260. The largest absolute Gasteiger partial charge is 0.325 e. The molecule has 5 rings (SSSR count). The number of carbonyl (C=O) groups excluding carboxylic acids is 1. The van der Waals surface area contributed by atoms with Crippen LogP contribution in [-0.4, -0.2) is 26.0 Å². The topological polar surface area (TPSA) is 71.8 Å². The predicted molar refractivity (Wildman–Crippen MR) is 128 cm³/mol. The molecule has 0 bridgehead atoms. The second-order valence-electron chi connectivity index (χ2n) is 7.74. The summed E-state index contributed by atoms with van der Waals surface area (Å²) in [7, 11) is 0. The van der Waals surface area contributed by atoms with Crippen LogP contribution in [0.2, 0.25) is 0 Å². The molecule has 0 radical (unpaired) electrons. The van der Waals surface area contributed by atoms with Crippen LogP contribution in [0.15, 0.2) is 84.0 Å². The lowest BCUT2D eigenvalue weighted by molar-refractivity contribution is -0.116. The SMILES string of the molecule is CCc1ccc(NC(=O)[C@@H]2Sc3nnc(-c4ccccc4)n3N[C@H]2c2ccc(F)cc2)cc1. The quantitative estimate of drug-likeness (QED) is 0.437. The van der Waals surface area contributed by atoms with E-state index in [1.54, 1.807) is 16.8 Å². The van der Waals surface area contributed by atoms with Crippen molar-refractivity contribution in [2.24, 2.45) is 0 Å². The summed E-state index contributed by atoms with van der Waals surface area (Å²) < 4.78 is 15.4. The van der Waals surface area contributed by atoms with Crippen molar-refractivity contribution in [1.29, 1.82) is 0 Å². The molecule has 0 saturated heterocycles. The van der Waals surface area contributed by atoms with E-state index in [-0.39, 0.29) is 11.7 Å². The average molecular weight is 460 g/mol. The van der Waals surface area contributed by atoms with Crippen LogP contribution >= 0.6 is 11.8 Å². The van der Waals surface area contributed by atoms with Crippen molar-refractivity contribution in [2.75, 3.05) is 10.7 Å². The molecule has 166 valence electrons. The lowest BCUT2D eigenvalue weighted by Crippen LogP contribution is -2.41. The molecular weight excluding hydrogens is 437 g/mol. The number of amides is 1. The van der Waals surface area contributed by atoms with E-state index < -0.39 is 11.3 Å². The maximum Gasteiger partial charge on any atom is 0.240 e. The van der Waals surface area contributed by atoms with Crippen LogP contribution in [0.4, 0.5) is 10.1 Å². The number of nitrogens with one attached hydrogen (secondary N) is 2. The summed E-state index contributed by atoms with van der Waals surface area (Å²) in [6.45, 7) is 2.09. The summed E-state index contributed by atoms with van der Waals surface area (Å²) in [6, 6.07) is 23.3. The number of halogens is 1. The Morgan fingerprint density at radius 2 is 1.76 bits per heavy atom. The van der Waals surface area contributed by atoms with Crippen LogP contribution in [0.25, 0.3) is 11.4 Å². The van der Waals surface area contributed by atoms with Crippen LogP contribution in [0.1, 0.15) is 24.1 Å². The number of nitrogens with zero attached hydrogens (tertiary/aromatic N) is 3. The molecule has 1 amide bonds. The third-order valence-corrected chi connectivity index (χ3v) is 6.80. The van der Waals surface area contributed by atoms with E-state index in [4.69, 9.17) is 0 Å². The van der Waals surface area contributed by atoms with Gasteiger partial charge in [0.15, 0.2) is 5.82 Å². The lowest BCUT2D eigenvalue weighted by atomic mass is 10.0. The standard InChI is InChI=1S/C25H22FN5OS/c1-2-16-8-14-20(15-9-16)27-24(32)22-21(17-10-12-19(26)13-11-17)30-31-23(28-29-25(31)33-22)18-6-4-3-5-7-18/h3-15,21-22,30H,2H2,1H3,(H,27,32)/t21-,22+/m0/s1. The number of rotatable bonds is 5. The molecule has 0 fully saturated rings. The molecule has 2 N–H and O–H groups in total. The number of fused-ring (bicyclic) bond motifs is 1. The second kappa shape index (κ2) is 9.07. The van der Waals surface area contributed by atoms with Crippen molar-refractivity contribution < 1.29 is 9.18 Å². The molecule has 33 heavy (non-hydrogen) atoms. The Kier molecular flexibility index (Phi) is 5.83. The first-order valence-electron chi connectivity index (χ1n) is 10.7. The van der Waals surface area contributed by atoms with Gasteiger partial charge in [0.1, 0.15) is 11.1 Å². The summed E-state index contributed by atoms with van der Waals surface area (Å²) in [5.74, 6) is 0.162. The zero-order chi connectivity index (χ0) is 22.8. The maximum atomic E-state index is 13.6. The van der Waals surface area contributed by atoms with Crippen LogP contribution in [0.3, 0.4) is 0 Å². The maximum absolute atomic E-state index is 13.6. The van der Waals surface area contributed by atoms with Crippen LogP contribution in [0, 0.1) is 5.82 Å². The fourth-order valence-corrected chi connectivity index (χ4v) is 4.87. The Morgan fingerprint density at radius 3 is 2.45 bits per heavy atom. The van der Waals surface area contributed by atoms with E-state index in [1.165, 1.54) is 29.5 Å². The van der Waals surface area contributed by atoms with Gasteiger partial charge < -0.3 is 10.7 Å². The fourth-order valence-electron chi connectivity index (χ4n) is 3.79. The highest BCUT2D eigenvalue weighted by Crippen LogP contribution is 2.39. The summed E-state index contributed by atoms with van der Waals surface area (Å²) in [5, 5.41) is 11.7. The van der Waals surface area contributed by atoms with E-state index >= 15 is 0 Å². The van der Waals surface area contributed by atoms with E-state index in [0.29, 0.717) is 11.0 Å². The number of thioether (sulfide) groups is 1. The van der Waals surface area contributed by atoms with E-state index in [0.717, 1.165) is 23.2 Å². The molecule has 0 saturated carbocycles. The van der Waals surface area contributed by atoms with Crippen molar-refractivity contribution in [3.63, 3.8) is 0 Å². The van der Waals surface area contributed by atoms with Gasteiger partial charge >= 0.3 is 0 Å². The molecule has 2 heterocycles. The number of anilines is 1. The smallest absolute Gasteiger partial charge is 0.240 e. The average Bonchev–Trinajstić information content (AvgIpc) is 3.28. The van der Waals surface area contributed by atoms with Gasteiger partial charge in [-0.1, -0.05) is 73.3 Å². The summed E-state index contributed by atoms with van der Waals surface area (Å²) in [5.41, 5.74) is 7.03. The summed E-state index contributed by atoms with van der Waals surface area (Å²) in [4.78, 5) is 13.4. The minimum absolute atomic E-state index is 0.165. The van der Waals surface area contributed by atoms with Gasteiger partial charge in [0.05, 0.1) is 6.04 Å². The summed E-state index contributed by atoms with van der Waals surface area (Å²) in [6.07, 6.45) is 0.933. The highest BCUT2D eigenvalue weighted by molar-refractivity contribution is 8.00. The molecule has 0 aliphatic carbocycles. The number of hydrogen-bond donors (Lipinski definition) is 2. The van der Waals surface area contributed by atoms with Gasteiger partial charge in [-0.05, 0) is 41.8 Å². The Balaban J connectivity index is 1.48. The van der Waals surface area contributed by atoms with E-state index in [9.17, 15) is 9.18 Å². The van der Waals surface area contributed by atoms with Crippen LogP contribution in [0.5, 0.6) is 0 Å². The van der Waals surface area contributed by atoms with Gasteiger partial charge in [-0.3, -0.25) is 4.79 Å². The molecular formula is C25H22FN5OS. The predicted octanol–water partition coefficient (Wildman–Crippen LogP) is 5.04.